The molecule has 0 heterocycles. The Hall–Kier alpha value is 0. The highest BCUT2D eigenvalue weighted by Crippen LogP contribution is 2.92. The molecular weight excluding hydrogens is 96.1 g/mol. The highest BCUT2D eigenvalue weighted by atomic mass is 14.9. The van der Waals surface area contributed by atoms with Crippen molar-refractivity contribution in [2.24, 2.45) is 22.7 Å². The van der Waals surface area contributed by atoms with Crippen LogP contribution in [0.15, 0.2) is 0 Å². The van der Waals surface area contributed by atoms with Gasteiger partial charge in [0.25, 0.3) is 0 Å². The van der Waals surface area contributed by atoms with Crippen molar-refractivity contribution in [2.75, 3.05) is 0 Å². The van der Waals surface area contributed by atoms with E-state index in [0.717, 1.165) is 10.8 Å². The monoisotopic (exact) mass is 108 g/mol. The van der Waals surface area contributed by atoms with E-state index in [9.17, 15) is 0 Å². The van der Waals surface area contributed by atoms with Crippen molar-refractivity contribution in [2.45, 2.75) is 26.7 Å². The van der Waals surface area contributed by atoms with E-state index in [2.05, 4.69) is 13.8 Å². The van der Waals surface area contributed by atoms with Gasteiger partial charge in [0.15, 0.2) is 0 Å². The van der Waals surface area contributed by atoms with Gasteiger partial charge in [-0.15, -0.1) is 0 Å². The molecule has 8 heavy (non-hydrogen) atoms. The summed E-state index contributed by atoms with van der Waals surface area (Å²) in [4.78, 5) is 0. The summed E-state index contributed by atoms with van der Waals surface area (Å²) < 4.78 is 0. The second-order valence-electron chi connectivity index (χ2n) is 4.46. The fourth-order valence-corrected chi connectivity index (χ4v) is 3.19. The quantitative estimate of drug-likeness (QED) is 0.445. The van der Waals surface area contributed by atoms with E-state index in [4.69, 9.17) is 0 Å². The lowest BCUT2D eigenvalue weighted by Crippen LogP contribution is -2.24. The highest BCUT2D eigenvalue weighted by molar-refractivity contribution is 5.33. The van der Waals surface area contributed by atoms with Crippen molar-refractivity contribution in [3.63, 3.8) is 0 Å². The first-order valence-electron chi connectivity index (χ1n) is 3.68. The summed E-state index contributed by atoms with van der Waals surface area (Å²) in [5, 5.41) is 0. The lowest BCUT2D eigenvalue weighted by molar-refractivity contribution is 0.180. The Morgan fingerprint density at radius 2 is 1.38 bits per heavy atom. The predicted octanol–water partition coefficient (Wildman–Crippen LogP) is 2.05. The van der Waals surface area contributed by atoms with Gasteiger partial charge in [-0.1, -0.05) is 13.8 Å². The van der Waals surface area contributed by atoms with Crippen molar-refractivity contribution in [1.29, 1.82) is 0 Å². The third kappa shape index (κ3) is 0.156. The van der Waals surface area contributed by atoms with Crippen molar-refractivity contribution in [1.82, 2.24) is 0 Å². The Kier molecular flexibility index (Phi) is 0.309. The molecule has 3 saturated carbocycles. The Bertz CT molecular complexity index is 153. The molecule has 0 aromatic carbocycles. The first-order chi connectivity index (χ1) is 3.68. The number of rotatable bonds is 0. The van der Waals surface area contributed by atoms with Crippen molar-refractivity contribution in [3.05, 3.63) is 0 Å². The molecule has 0 heteroatoms. The van der Waals surface area contributed by atoms with Gasteiger partial charge in [0.05, 0.1) is 0 Å². The topological polar surface area (TPSA) is 0 Å². The van der Waals surface area contributed by atoms with E-state index < -0.39 is 0 Å². The van der Waals surface area contributed by atoms with Gasteiger partial charge in [-0.05, 0) is 35.5 Å². The van der Waals surface area contributed by atoms with Crippen LogP contribution in [0.3, 0.4) is 0 Å². The first-order valence-corrected chi connectivity index (χ1v) is 3.68. The Morgan fingerprint density at radius 1 is 1.00 bits per heavy atom. The molecule has 0 aromatic heterocycles. The zero-order chi connectivity index (χ0) is 5.57. The summed E-state index contributed by atoms with van der Waals surface area (Å²) in [6.07, 6.45) is 3.13. The SMILES string of the molecule is CC12CC1C1CC12C. The van der Waals surface area contributed by atoms with Crippen LogP contribution in [0.25, 0.3) is 0 Å². The smallest absolute Gasteiger partial charge is 0.0235 e. The molecule has 3 fully saturated rings. The molecule has 3 rings (SSSR count). The molecule has 0 bridgehead atoms. The van der Waals surface area contributed by atoms with E-state index in [1.807, 2.05) is 0 Å². The van der Waals surface area contributed by atoms with Crippen LogP contribution in [0.1, 0.15) is 26.7 Å². The first kappa shape index (κ1) is 3.92. The molecule has 3 aliphatic carbocycles. The minimum absolute atomic E-state index is 0.859. The largest absolute Gasteiger partial charge is 0.0588 e. The van der Waals surface area contributed by atoms with Gasteiger partial charge in [-0.2, -0.15) is 0 Å². The molecular formula is C8H12. The zero-order valence-electron chi connectivity index (χ0n) is 5.57. The number of hydrogen-bond acceptors (Lipinski definition) is 0. The third-order valence-electron chi connectivity index (χ3n) is 4.39. The van der Waals surface area contributed by atoms with Crippen molar-refractivity contribution >= 4 is 0 Å². The molecule has 4 unspecified atom stereocenters. The molecule has 0 radical (unpaired) electrons. The highest BCUT2D eigenvalue weighted by Gasteiger charge is 2.85. The van der Waals surface area contributed by atoms with Crippen LogP contribution in [0.5, 0.6) is 0 Å². The predicted molar refractivity (Wildman–Crippen MR) is 32.4 cm³/mol. The molecule has 0 aromatic rings. The van der Waals surface area contributed by atoms with Crippen LogP contribution in [0.2, 0.25) is 0 Å². The summed E-state index contributed by atoms with van der Waals surface area (Å²) in [6, 6.07) is 0. The van der Waals surface area contributed by atoms with Crippen molar-refractivity contribution < 1.29 is 0 Å². The summed E-state index contributed by atoms with van der Waals surface area (Å²) >= 11 is 0. The van der Waals surface area contributed by atoms with Crippen LogP contribution in [0, 0.1) is 22.7 Å². The molecule has 0 N–H and O–H groups in total. The van der Waals surface area contributed by atoms with Gasteiger partial charge in [0.2, 0.25) is 0 Å². The van der Waals surface area contributed by atoms with E-state index in [-0.39, 0.29) is 0 Å². The summed E-state index contributed by atoms with van der Waals surface area (Å²) in [5.41, 5.74) is 1.72. The van der Waals surface area contributed by atoms with Gasteiger partial charge in [0, 0.05) is 0 Å². The fourth-order valence-electron chi connectivity index (χ4n) is 3.19. The van der Waals surface area contributed by atoms with Gasteiger partial charge >= 0.3 is 0 Å². The average molecular weight is 108 g/mol. The van der Waals surface area contributed by atoms with Gasteiger partial charge < -0.3 is 0 Å². The van der Waals surface area contributed by atoms with Gasteiger partial charge in [0.1, 0.15) is 0 Å². The molecule has 0 saturated heterocycles. The maximum Gasteiger partial charge on any atom is -0.0235 e. The molecule has 0 nitrogen and oxygen atoms in total. The van der Waals surface area contributed by atoms with Gasteiger partial charge in [-0.25, -0.2) is 0 Å². The minimum atomic E-state index is 0.859. The summed E-state index contributed by atoms with van der Waals surface area (Å²) in [6.45, 7) is 4.95. The lowest BCUT2D eigenvalue weighted by Gasteiger charge is -2.29. The Labute approximate surface area is 50.3 Å². The Morgan fingerprint density at radius 3 is 1.50 bits per heavy atom. The van der Waals surface area contributed by atoms with Gasteiger partial charge in [-0.3, -0.25) is 0 Å². The van der Waals surface area contributed by atoms with Crippen LogP contribution in [0.4, 0.5) is 0 Å². The van der Waals surface area contributed by atoms with E-state index in [1.165, 1.54) is 11.8 Å². The molecule has 4 atom stereocenters. The van der Waals surface area contributed by atoms with Crippen LogP contribution in [-0.2, 0) is 0 Å². The van der Waals surface area contributed by atoms with E-state index >= 15 is 0 Å². The maximum atomic E-state index is 2.47. The van der Waals surface area contributed by atoms with E-state index in [1.54, 1.807) is 12.8 Å². The molecule has 44 valence electrons. The standard InChI is InChI=1S/C8H12/c1-7-3-5(7)6-4-8(6,7)2/h5-6H,3-4H2,1-2H3. The number of hydrogen-bond donors (Lipinski definition) is 0. The lowest BCUT2D eigenvalue weighted by atomic mass is 9.75. The van der Waals surface area contributed by atoms with E-state index in [0.29, 0.717) is 0 Å². The second kappa shape index (κ2) is 0.630. The summed E-state index contributed by atoms with van der Waals surface area (Å²) in [5.74, 6) is 2.37. The van der Waals surface area contributed by atoms with Crippen LogP contribution in [-0.4, -0.2) is 0 Å². The third-order valence-corrected chi connectivity index (χ3v) is 4.39. The number of fused-ring (bicyclic) bond motifs is 4. The molecule has 0 spiro atoms. The Balaban J connectivity index is 2.12. The molecule has 0 amide bonds. The maximum absolute atomic E-state index is 2.47. The van der Waals surface area contributed by atoms with Crippen LogP contribution < -0.4 is 0 Å². The second-order valence-corrected chi connectivity index (χ2v) is 4.46. The molecule has 3 aliphatic rings. The minimum Gasteiger partial charge on any atom is -0.0588 e. The zero-order valence-corrected chi connectivity index (χ0v) is 5.57. The van der Waals surface area contributed by atoms with Crippen LogP contribution >= 0.6 is 0 Å². The fraction of sp³-hybridized carbons (Fsp3) is 1.00. The van der Waals surface area contributed by atoms with Crippen molar-refractivity contribution in [3.8, 4) is 0 Å². The summed E-state index contributed by atoms with van der Waals surface area (Å²) in [7, 11) is 0. The average Bonchev–Trinajstić information content (AvgIpc) is 2.49. The normalized spacial score (nSPS) is 81.8. The molecule has 0 aliphatic heterocycles.